The van der Waals surface area contributed by atoms with E-state index >= 15 is 0 Å². The van der Waals surface area contributed by atoms with Crippen LogP contribution in [0.5, 0.6) is 5.75 Å². The van der Waals surface area contributed by atoms with Gasteiger partial charge < -0.3 is 10.1 Å². The number of piperazine rings is 1. The number of alkyl halides is 3. The van der Waals surface area contributed by atoms with Gasteiger partial charge in [-0.05, 0) is 25.1 Å². The summed E-state index contributed by atoms with van der Waals surface area (Å²) in [6.45, 7) is 4.80. The Hall–Kier alpha value is -1.34. The summed E-state index contributed by atoms with van der Waals surface area (Å²) in [5, 5.41) is 3.17. The van der Waals surface area contributed by atoms with Gasteiger partial charge in [0.15, 0.2) is 0 Å². The number of benzene rings is 1. The summed E-state index contributed by atoms with van der Waals surface area (Å²) >= 11 is 0. The van der Waals surface area contributed by atoms with Gasteiger partial charge in [-0.15, -0.1) is 13.2 Å². The highest BCUT2D eigenvalue weighted by Crippen LogP contribution is 2.29. The third kappa shape index (κ3) is 3.83. The molecule has 20 heavy (non-hydrogen) atoms. The monoisotopic (exact) mass is 292 g/mol. The number of hydrogen-bond acceptors (Lipinski definition) is 3. The van der Waals surface area contributed by atoms with E-state index in [1.807, 2.05) is 4.90 Å². The number of rotatable bonds is 3. The largest absolute Gasteiger partial charge is 0.573 e. The Morgan fingerprint density at radius 3 is 2.50 bits per heavy atom. The second-order valence-electron chi connectivity index (χ2n) is 4.69. The highest BCUT2D eigenvalue weighted by molar-refractivity contribution is 5.32. The van der Waals surface area contributed by atoms with Crippen LogP contribution >= 0.6 is 0 Å². The lowest BCUT2D eigenvalue weighted by Gasteiger charge is -2.33. The second kappa shape index (κ2) is 5.97. The molecule has 7 heteroatoms. The summed E-state index contributed by atoms with van der Waals surface area (Å²) in [7, 11) is 0. The predicted octanol–water partition coefficient (Wildman–Crippen LogP) is 2.69. The van der Waals surface area contributed by atoms with Gasteiger partial charge in [0.25, 0.3) is 0 Å². The highest BCUT2D eigenvalue weighted by atomic mass is 19.4. The standard InChI is InChI=1S/C13H16F4N2O/c1-9(19-6-4-18-5-7-19)11-8-10(2-3-12(11)14)20-13(15,16)17/h2-3,8-9,18H,4-7H2,1H3/t9-/m1/s1. The van der Waals surface area contributed by atoms with Crippen LogP contribution in [0.15, 0.2) is 18.2 Å². The number of nitrogens with one attached hydrogen (secondary N) is 1. The van der Waals surface area contributed by atoms with Crippen LogP contribution in [0.2, 0.25) is 0 Å². The van der Waals surface area contributed by atoms with E-state index in [9.17, 15) is 17.6 Å². The molecule has 0 bridgehead atoms. The molecule has 0 unspecified atom stereocenters. The van der Waals surface area contributed by atoms with Gasteiger partial charge in [-0.25, -0.2) is 4.39 Å². The van der Waals surface area contributed by atoms with Crippen LogP contribution < -0.4 is 10.1 Å². The average Bonchev–Trinajstić information content (AvgIpc) is 2.40. The molecule has 1 heterocycles. The quantitative estimate of drug-likeness (QED) is 0.867. The smallest absolute Gasteiger partial charge is 0.406 e. The Morgan fingerprint density at radius 1 is 1.25 bits per heavy atom. The summed E-state index contributed by atoms with van der Waals surface area (Å²) in [5.74, 6) is -0.915. The molecule has 0 radical (unpaired) electrons. The molecule has 1 aromatic rings. The third-order valence-electron chi connectivity index (χ3n) is 3.35. The summed E-state index contributed by atoms with van der Waals surface area (Å²) < 4.78 is 54.3. The van der Waals surface area contributed by atoms with Crippen LogP contribution in [0.3, 0.4) is 0 Å². The van der Waals surface area contributed by atoms with Crippen LogP contribution in [0.1, 0.15) is 18.5 Å². The lowest BCUT2D eigenvalue weighted by molar-refractivity contribution is -0.274. The zero-order valence-electron chi connectivity index (χ0n) is 11.0. The van der Waals surface area contributed by atoms with Crippen molar-refractivity contribution in [2.45, 2.75) is 19.3 Å². The van der Waals surface area contributed by atoms with Gasteiger partial charge in [0.2, 0.25) is 0 Å². The van der Waals surface area contributed by atoms with E-state index in [1.165, 1.54) is 0 Å². The zero-order valence-corrected chi connectivity index (χ0v) is 11.0. The normalized spacial score (nSPS) is 18.9. The maximum Gasteiger partial charge on any atom is 0.573 e. The van der Waals surface area contributed by atoms with Gasteiger partial charge >= 0.3 is 6.36 Å². The fourth-order valence-electron chi connectivity index (χ4n) is 2.31. The van der Waals surface area contributed by atoms with Crippen molar-refractivity contribution < 1.29 is 22.3 Å². The number of ether oxygens (including phenoxy) is 1. The van der Waals surface area contributed by atoms with E-state index < -0.39 is 17.9 Å². The minimum absolute atomic E-state index is 0.216. The third-order valence-corrected chi connectivity index (χ3v) is 3.35. The molecule has 112 valence electrons. The van der Waals surface area contributed by atoms with Crippen LogP contribution in [-0.4, -0.2) is 37.4 Å². The molecule has 1 saturated heterocycles. The Kier molecular flexibility index (Phi) is 4.49. The molecule has 1 fully saturated rings. The summed E-state index contributed by atoms with van der Waals surface area (Å²) in [4.78, 5) is 2.02. The molecule has 1 aliphatic heterocycles. The first-order valence-corrected chi connectivity index (χ1v) is 6.37. The fraction of sp³-hybridized carbons (Fsp3) is 0.538. The Bertz CT molecular complexity index is 458. The zero-order chi connectivity index (χ0) is 14.8. The molecular formula is C13H16F4N2O. The Morgan fingerprint density at radius 2 is 1.90 bits per heavy atom. The van der Waals surface area contributed by atoms with Crippen molar-refractivity contribution in [2.24, 2.45) is 0 Å². The van der Waals surface area contributed by atoms with Crippen LogP contribution in [0, 0.1) is 5.82 Å². The van der Waals surface area contributed by atoms with Crippen molar-refractivity contribution in [3.05, 3.63) is 29.6 Å². The van der Waals surface area contributed by atoms with Gasteiger partial charge in [-0.3, -0.25) is 4.90 Å². The molecule has 0 aromatic heterocycles. The maximum atomic E-state index is 13.8. The maximum absolute atomic E-state index is 13.8. The van der Waals surface area contributed by atoms with E-state index in [-0.39, 0.29) is 11.6 Å². The van der Waals surface area contributed by atoms with Crippen molar-refractivity contribution in [2.75, 3.05) is 26.2 Å². The predicted molar refractivity (Wildman–Crippen MR) is 65.9 cm³/mol. The van der Waals surface area contributed by atoms with Crippen molar-refractivity contribution in [1.29, 1.82) is 0 Å². The minimum atomic E-state index is -4.77. The summed E-state index contributed by atoms with van der Waals surface area (Å²) in [6.07, 6.45) is -4.77. The van der Waals surface area contributed by atoms with E-state index in [2.05, 4.69) is 10.1 Å². The van der Waals surface area contributed by atoms with Crippen molar-refractivity contribution >= 4 is 0 Å². The van der Waals surface area contributed by atoms with E-state index in [1.54, 1.807) is 6.92 Å². The molecule has 1 N–H and O–H groups in total. The van der Waals surface area contributed by atoms with E-state index in [0.29, 0.717) is 0 Å². The topological polar surface area (TPSA) is 24.5 Å². The minimum Gasteiger partial charge on any atom is -0.406 e. The number of halogens is 4. The van der Waals surface area contributed by atoms with Gasteiger partial charge in [0, 0.05) is 37.8 Å². The van der Waals surface area contributed by atoms with Gasteiger partial charge in [0.1, 0.15) is 11.6 Å². The van der Waals surface area contributed by atoms with Crippen molar-refractivity contribution in [1.82, 2.24) is 10.2 Å². The summed E-state index contributed by atoms with van der Waals surface area (Å²) in [5.41, 5.74) is 0.216. The lowest BCUT2D eigenvalue weighted by atomic mass is 10.1. The van der Waals surface area contributed by atoms with Crippen LogP contribution in [-0.2, 0) is 0 Å². The fourth-order valence-corrected chi connectivity index (χ4v) is 2.31. The Balaban J connectivity index is 2.18. The first kappa shape index (κ1) is 15.1. The molecular weight excluding hydrogens is 276 g/mol. The summed E-state index contributed by atoms with van der Waals surface area (Å²) in [6, 6.07) is 2.82. The first-order chi connectivity index (χ1) is 9.37. The van der Waals surface area contributed by atoms with Crippen LogP contribution in [0.4, 0.5) is 17.6 Å². The molecule has 1 aliphatic rings. The molecule has 0 saturated carbocycles. The molecule has 1 atom stereocenters. The van der Waals surface area contributed by atoms with E-state index in [4.69, 9.17) is 0 Å². The van der Waals surface area contributed by atoms with Crippen molar-refractivity contribution in [3.8, 4) is 5.75 Å². The van der Waals surface area contributed by atoms with Crippen LogP contribution in [0.25, 0.3) is 0 Å². The number of nitrogens with zero attached hydrogens (tertiary/aromatic N) is 1. The van der Waals surface area contributed by atoms with E-state index in [0.717, 1.165) is 44.4 Å². The van der Waals surface area contributed by atoms with Gasteiger partial charge in [0.05, 0.1) is 0 Å². The van der Waals surface area contributed by atoms with Gasteiger partial charge in [-0.2, -0.15) is 0 Å². The van der Waals surface area contributed by atoms with Crippen molar-refractivity contribution in [3.63, 3.8) is 0 Å². The Labute approximate surface area is 114 Å². The highest BCUT2D eigenvalue weighted by Gasteiger charge is 2.31. The molecule has 3 nitrogen and oxygen atoms in total. The molecule has 0 amide bonds. The lowest BCUT2D eigenvalue weighted by Crippen LogP contribution is -2.44. The van der Waals surface area contributed by atoms with Gasteiger partial charge in [-0.1, -0.05) is 0 Å². The SMILES string of the molecule is C[C@H](c1cc(OC(F)(F)F)ccc1F)N1CCNCC1. The molecule has 1 aromatic carbocycles. The number of hydrogen-bond donors (Lipinski definition) is 1. The molecule has 2 rings (SSSR count). The molecule has 0 aliphatic carbocycles. The first-order valence-electron chi connectivity index (χ1n) is 6.37. The average molecular weight is 292 g/mol. The second-order valence-corrected chi connectivity index (χ2v) is 4.69. The molecule has 0 spiro atoms.